The molecule has 2 aromatic carbocycles. The molecule has 0 saturated carbocycles. The van der Waals surface area contributed by atoms with Gasteiger partial charge in [-0.15, -0.1) is 0 Å². The van der Waals surface area contributed by atoms with E-state index in [0.717, 1.165) is 22.7 Å². The first kappa shape index (κ1) is 18.2. The number of nitrogens with two attached hydrogens (primary N) is 1. The molecule has 4 aromatic rings. The molecule has 2 heterocycles. The quantitative estimate of drug-likeness (QED) is 0.524. The Labute approximate surface area is 167 Å². The summed E-state index contributed by atoms with van der Waals surface area (Å²) < 4.78 is 7.43. The fourth-order valence-electron chi connectivity index (χ4n) is 2.68. The second kappa shape index (κ2) is 7.81. The number of nitrogens with one attached hydrogen (secondary N) is 1. The van der Waals surface area contributed by atoms with Gasteiger partial charge in [-0.2, -0.15) is 4.98 Å². The van der Waals surface area contributed by atoms with Crippen molar-refractivity contribution in [1.82, 2.24) is 19.5 Å². The zero-order valence-corrected chi connectivity index (χ0v) is 15.6. The molecular formula is C21H18N6O2. The molecule has 1 amide bonds. The Bertz CT molecular complexity index is 1140. The lowest BCUT2D eigenvalue weighted by Gasteiger charge is -2.10. The van der Waals surface area contributed by atoms with Crippen molar-refractivity contribution < 1.29 is 9.53 Å². The number of carbonyl (C=O) groups is 1. The number of nitrogens with zero attached hydrogens (tertiary/aromatic N) is 4. The van der Waals surface area contributed by atoms with Crippen LogP contribution in [0.25, 0.3) is 5.82 Å². The van der Waals surface area contributed by atoms with Gasteiger partial charge in [0.1, 0.15) is 29.3 Å². The molecule has 144 valence electrons. The predicted octanol–water partition coefficient (Wildman–Crippen LogP) is 3.61. The highest BCUT2D eigenvalue weighted by Crippen LogP contribution is 2.24. The Hall–Kier alpha value is -4.20. The number of rotatable bonds is 6. The summed E-state index contributed by atoms with van der Waals surface area (Å²) in [5, 5.41) is 3.16. The standard InChI is InChI=1S/C21H18N6O2/c1-14-11-23-21(26-20(14)27-12-18(19(22)28)24-13-27)25-15-7-9-17(10-8-15)29-16-5-3-2-4-6-16/h2-13H,1H3,(H2,22,28)(H,23,25,26). The lowest BCUT2D eigenvalue weighted by atomic mass is 10.3. The van der Waals surface area contributed by atoms with Crippen LogP contribution in [0.1, 0.15) is 16.1 Å². The molecular weight excluding hydrogens is 368 g/mol. The van der Waals surface area contributed by atoms with Gasteiger partial charge in [-0.1, -0.05) is 18.2 Å². The maximum Gasteiger partial charge on any atom is 0.268 e. The molecule has 8 heteroatoms. The SMILES string of the molecule is Cc1cnc(Nc2ccc(Oc3ccccc3)cc2)nc1-n1cnc(C(N)=O)c1. The first-order valence-electron chi connectivity index (χ1n) is 8.86. The van der Waals surface area contributed by atoms with Crippen molar-refractivity contribution in [2.75, 3.05) is 5.32 Å². The molecule has 0 unspecified atom stereocenters. The Kier molecular flexibility index (Phi) is 4.90. The number of para-hydroxylation sites is 1. The third-order valence-corrected chi connectivity index (χ3v) is 4.11. The molecule has 0 aliphatic rings. The average molecular weight is 386 g/mol. The van der Waals surface area contributed by atoms with E-state index >= 15 is 0 Å². The van der Waals surface area contributed by atoms with Gasteiger partial charge in [0, 0.05) is 23.6 Å². The normalized spacial score (nSPS) is 10.5. The second-order valence-corrected chi connectivity index (χ2v) is 6.30. The van der Waals surface area contributed by atoms with Crippen LogP contribution < -0.4 is 15.8 Å². The van der Waals surface area contributed by atoms with Gasteiger partial charge >= 0.3 is 0 Å². The van der Waals surface area contributed by atoms with Gasteiger partial charge in [0.2, 0.25) is 5.95 Å². The van der Waals surface area contributed by atoms with Gasteiger partial charge in [-0.05, 0) is 43.3 Å². The monoisotopic (exact) mass is 386 g/mol. The zero-order valence-electron chi connectivity index (χ0n) is 15.6. The summed E-state index contributed by atoms with van der Waals surface area (Å²) in [5.74, 6) is 1.93. The minimum absolute atomic E-state index is 0.173. The Balaban J connectivity index is 1.51. The minimum Gasteiger partial charge on any atom is -0.457 e. The number of aryl methyl sites for hydroxylation is 1. The molecule has 0 spiro atoms. The van der Waals surface area contributed by atoms with Crippen molar-refractivity contribution in [2.45, 2.75) is 6.92 Å². The number of imidazole rings is 1. The summed E-state index contributed by atoms with van der Waals surface area (Å²) >= 11 is 0. The van der Waals surface area contributed by atoms with Crippen LogP contribution in [0.2, 0.25) is 0 Å². The maximum absolute atomic E-state index is 11.3. The smallest absolute Gasteiger partial charge is 0.268 e. The van der Waals surface area contributed by atoms with Crippen LogP contribution in [-0.4, -0.2) is 25.4 Å². The highest BCUT2D eigenvalue weighted by molar-refractivity contribution is 5.90. The van der Waals surface area contributed by atoms with Gasteiger partial charge in [-0.25, -0.2) is 9.97 Å². The fraction of sp³-hybridized carbons (Fsp3) is 0.0476. The summed E-state index contributed by atoms with van der Waals surface area (Å²) in [7, 11) is 0. The Morgan fingerprint density at radius 1 is 1.03 bits per heavy atom. The van der Waals surface area contributed by atoms with E-state index < -0.39 is 5.91 Å². The molecule has 29 heavy (non-hydrogen) atoms. The number of anilines is 2. The summed E-state index contributed by atoms with van der Waals surface area (Å²) in [6.07, 6.45) is 4.73. The van der Waals surface area contributed by atoms with Crippen LogP contribution in [0.3, 0.4) is 0 Å². The summed E-state index contributed by atoms with van der Waals surface area (Å²) in [4.78, 5) is 24.1. The number of hydrogen-bond donors (Lipinski definition) is 2. The lowest BCUT2D eigenvalue weighted by molar-refractivity contribution is 0.0996. The second-order valence-electron chi connectivity index (χ2n) is 6.30. The summed E-state index contributed by atoms with van der Waals surface area (Å²) in [6, 6.07) is 17.1. The van der Waals surface area contributed by atoms with Crippen molar-refractivity contribution in [1.29, 1.82) is 0 Å². The van der Waals surface area contributed by atoms with Gasteiger partial charge in [-0.3, -0.25) is 9.36 Å². The molecule has 8 nitrogen and oxygen atoms in total. The van der Waals surface area contributed by atoms with Crippen LogP contribution in [0.5, 0.6) is 11.5 Å². The van der Waals surface area contributed by atoms with Crippen LogP contribution >= 0.6 is 0 Å². The van der Waals surface area contributed by atoms with Crippen molar-refractivity contribution in [2.24, 2.45) is 5.73 Å². The largest absolute Gasteiger partial charge is 0.457 e. The highest BCUT2D eigenvalue weighted by Gasteiger charge is 2.10. The van der Waals surface area contributed by atoms with Crippen LogP contribution in [0.15, 0.2) is 73.3 Å². The van der Waals surface area contributed by atoms with E-state index in [1.54, 1.807) is 10.8 Å². The first-order chi connectivity index (χ1) is 14.1. The van der Waals surface area contributed by atoms with Crippen molar-refractivity contribution in [3.8, 4) is 17.3 Å². The van der Waals surface area contributed by atoms with E-state index in [0.29, 0.717) is 11.8 Å². The topological polar surface area (TPSA) is 108 Å². The molecule has 4 rings (SSSR count). The van der Waals surface area contributed by atoms with E-state index in [1.807, 2.05) is 61.5 Å². The Morgan fingerprint density at radius 3 is 2.45 bits per heavy atom. The van der Waals surface area contributed by atoms with Crippen molar-refractivity contribution in [3.05, 3.63) is 84.6 Å². The molecule has 0 bridgehead atoms. The van der Waals surface area contributed by atoms with Crippen molar-refractivity contribution >= 4 is 17.5 Å². The Morgan fingerprint density at radius 2 is 1.76 bits per heavy atom. The number of benzene rings is 2. The fourth-order valence-corrected chi connectivity index (χ4v) is 2.68. The molecule has 3 N–H and O–H groups in total. The van der Waals surface area contributed by atoms with Crippen LogP contribution in [0.4, 0.5) is 11.6 Å². The molecule has 0 atom stereocenters. The average Bonchev–Trinajstić information content (AvgIpc) is 3.22. The number of aromatic nitrogens is 4. The van der Waals surface area contributed by atoms with Gasteiger partial charge in [0.25, 0.3) is 5.91 Å². The molecule has 0 radical (unpaired) electrons. The summed E-state index contributed by atoms with van der Waals surface area (Å²) in [6.45, 7) is 1.87. The number of primary amides is 1. The highest BCUT2D eigenvalue weighted by atomic mass is 16.5. The first-order valence-corrected chi connectivity index (χ1v) is 8.86. The third kappa shape index (κ3) is 4.22. The van der Waals surface area contributed by atoms with E-state index in [-0.39, 0.29) is 5.69 Å². The van der Waals surface area contributed by atoms with E-state index in [2.05, 4.69) is 20.3 Å². The lowest BCUT2D eigenvalue weighted by Crippen LogP contribution is -2.11. The van der Waals surface area contributed by atoms with E-state index in [4.69, 9.17) is 10.5 Å². The van der Waals surface area contributed by atoms with Crippen LogP contribution in [0, 0.1) is 6.92 Å². The molecule has 0 aliphatic heterocycles. The zero-order chi connectivity index (χ0) is 20.2. The van der Waals surface area contributed by atoms with Gasteiger partial charge in [0.15, 0.2) is 0 Å². The number of hydrogen-bond acceptors (Lipinski definition) is 6. The van der Waals surface area contributed by atoms with Crippen molar-refractivity contribution in [3.63, 3.8) is 0 Å². The minimum atomic E-state index is -0.591. The molecule has 2 aromatic heterocycles. The molecule has 0 saturated heterocycles. The number of amides is 1. The van der Waals surface area contributed by atoms with Crippen LogP contribution in [-0.2, 0) is 0 Å². The predicted molar refractivity (Wildman–Crippen MR) is 109 cm³/mol. The van der Waals surface area contributed by atoms with Gasteiger partial charge in [0.05, 0.1) is 0 Å². The number of carbonyl (C=O) groups excluding carboxylic acids is 1. The molecule has 0 fully saturated rings. The van der Waals surface area contributed by atoms with E-state index in [1.165, 1.54) is 12.5 Å². The van der Waals surface area contributed by atoms with E-state index in [9.17, 15) is 4.79 Å². The summed E-state index contributed by atoms with van der Waals surface area (Å²) in [5.41, 5.74) is 7.08. The molecule has 0 aliphatic carbocycles. The third-order valence-electron chi connectivity index (χ3n) is 4.11. The maximum atomic E-state index is 11.3. The van der Waals surface area contributed by atoms with Gasteiger partial charge < -0.3 is 15.8 Å². The number of ether oxygens (including phenoxy) is 1.